The summed E-state index contributed by atoms with van der Waals surface area (Å²) in [7, 11) is 2.15. The van der Waals surface area contributed by atoms with Crippen molar-refractivity contribution in [2.75, 3.05) is 13.6 Å². The number of rotatable bonds is 5. The molecule has 1 aromatic carbocycles. The van der Waals surface area contributed by atoms with Gasteiger partial charge in [0.2, 0.25) is 0 Å². The fraction of sp³-hybridized carbons (Fsp3) is 0.667. The molecular weight excluding hydrogens is 263 g/mol. The van der Waals surface area contributed by atoms with Gasteiger partial charge in [-0.25, -0.2) is 4.39 Å². The minimum Gasteiger partial charge on any atom is -0.329 e. The molecule has 1 fully saturated rings. The quantitative estimate of drug-likeness (QED) is 0.887. The molecule has 2 rings (SSSR count). The maximum atomic E-state index is 13.6. The van der Waals surface area contributed by atoms with Gasteiger partial charge in [0.1, 0.15) is 5.82 Å². The second kappa shape index (κ2) is 7.37. The van der Waals surface area contributed by atoms with Crippen LogP contribution in [0.5, 0.6) is 0 Å². The van der Waals surface area contributed by atoms with E-state index in [0.29, 0.717) is 12.6 Å². The van der Waals surface area contributed by atoms with Crippen LogP contribution in [0.2, 0.25) is 0 Å². The molecule has 2 nitrogen and oxygen atoms in total. The van der Waals surface area contributed by atoms with Crippen LogP contribution in [0, 0.1) is 18.7 Å². The molecule has 3 heteroatoms. The highest BCUT2D eigenvalue weighted by atomic mass is 19.1. The van der Waals surface area contributed by atoms with E-state index in [4.69, 9.17) is 5.73 Å². The van der Waals surface area contributed by atoms with E-state index >= 15 is 0 Å². The number of halogens is 1. The Kier molecular flexibility index (Phi) is 5.77. The minimum absolute atomic E-state index is 0.115. The number of hydrogen-bond acceptors (Lipinski definition) is 2. The van der Waals surface area contributed by atoms with Crippen molar-refractivity contribution < 1.29 is 4.39 Å². The number of nitrogens with two attached hydrogens (primary N) is 1. The zero-order valence-corrected chi connectivity index (χ0v) is 13.6. The van der Waals surface area contributed by atoms with Gasteiger partial charge in [-0.3, -0.25) is 4.90 Å². The van der Waals surface area contributed by atoms with Gasteiger partial charge in [-0.05, 0) is 68.8 Å². The van der Waals surface area contributed by atoms with Crippen LogP contribution in [0.1, 0.15) is 56.2 Å². The molecule has 0 aliphatic heterocycles. The van der Waals surface area contributed by atoms with Crippen LogP contribution in [-0.2, 0) is 0 Å². The van der Waals surface area contributed by atoms with Crippen LogP contribution in [0.15, 0.2) is 18.2 Å². The van der Waals surface area contributed by atoms with E-state index in [1.165, 1.54) is 38.2 Å². The molecule has 0 radical (unpaired) electrons. The predicted molar refractivity (Wildman–Crippen MR) is 86.7 cm³/mol. The lowest BCUT2D eigenvalue weighted by atomic mass is 9.83. The standard InChI is InChI=1S/C18H29FN2/c1-4-14-6-9-16(10-7-14)21(3)18(12-20)17-11-15(19)8-5-13(17)2/h5,8,11,14,16,18H,4,6-7,9-10,12,20H2,1-3H3. The molecule has 1 unspecified atom stereocenters. The number of nitrogens with zero attached hydrogens (tertiary/aromatic N) is 1. The molecule has 0 aromatic heterocycles. The number of aryl methyl sites for hydroxylation is 1. The Balaban J connectivity index is 2.11. The number of hydrogen-bond donors (Lipinski definition) is 1. The van der Waals surface area contributed by atoms with Crippen molar-refractivity contribution in [3.8, 4) is 0 Å². The lowest BCUT2D eigenvalue weighted by Gasteiger charge is -2.39. The molecule has 0 saturated heterocycles. The van der Waals surface area contributed by atoms with E-state index in [1.54, 1.807) is 6.07 Å². The monoisotopic (exact) mass is 292 g/mol. The Morgan fingerprint density at radius 2 is 1.95 bits per heavy atom. The van der Waals surface area contributed by atoms with E-state index in [2.05, 4.69) is 18.9 Å². The van der Waals surface area contributed by atoms with Crippen LogP contribution in [0.4, 0.5) is 4.39 Å². The van der Waals surface area contributed by atoms with Gasteiger partial charge < -0.3 is 5.73 Å². The van der Waals surface area contributed by atoms with Crippen molar-refractivity contribution in [1.82, 2.24) is 4.90 Å². The first-order valence-corrected chi connectivity index (χ1v) is 8.24. The summed E-state index contributed by atoms with van der Waals surface area (Å²) >= 11 is 0. The highest BCUT2D eigenvalue weighted by Crippen LogP contribution is 2.33. The summed E-state index contributed by atoms with van der Waals surface area (Å²) in [6, 6.07) is 5.72. The molecule has 0 spiro atoms. The van der Waals surface area contributed by atoms with Gasteiger partial charge in [0.05, 0.1) is 0 Å². The van der Waals surface area contributed by atoms with Crippen molar-refractivity contribution in [3.05, 3.63) is 35.1 Å². The molecule has 2 N–H and O–H groups in total. The third-order valence-electron chi connectivity index (χ3n) is 5.28. The molecule has 0 amide bonds. The molecule has 1 aliphatic rings. The summed E-state index contributed by atoms with van der Waals surface area (Å²) in [5.74, 6) is 0.721. The van der Waals surface area contributed by atoms with E-state index in [9.17, 15) is 4.39 Å². The lowest BCUT2D eigenvalue weighted by Crippen LogP contribution is -2.41. The van der Waals surface area contributed by atoms with E-state index in [0.717, 1.165) is 17.0 Å². The summed E-state index contributed by atoms with van der Waals surface area (Å²) in [5.41, 5.74) is 8.19. The van der Waals surface area contributed by atoms with Crippen molar-refractivity contribution in [2.24, 2.45) is 11.7 Å². The predicted octanol–water partition coefficient (Wildman–Crippen LogP) is 4.03. The third kappa shape index (κ3) is 3.83. The van der Waals surface area contributed by atoms with E-state index < -0.39 is 0 Å². The van der Waals surface area contributed by atoms with E-state index in [1.807, 2.05) is 13.0 Å². The van der Waals surface area contributed by atoms with Gasteiger partial charge in [-0.2, -0.15) is 0 Å². The second-order valence-electron chi connectivity index (χ2n) is 6.50. The Bertz CT molecular complexity index is 453. The Labute approximate surface area is 128 Å². The van der Waals surface area contributed by atoms with Crippen molar-refractivity contribution in [2.45, 2.75) is 58.0 Å². The molecular formula is C18H29FN2. The molecule has 1 aliphatic carbocycles. The lowest BCUT2D eigenvalue weighted by molar-refractivity contribution is 0.121. The molecule has 0 heterocycles. The third-order valence-corrected chi connectivity index (χ3v) is 5.28. The zero-order valence-electron chi connectivity index (χ0n) is 13.6. The first kappa shape index (κ1) is 16.4. The summed E-state index contributed by atoms with van der Waals surface area (Å²) in [4.78, 5) is 2.38. The molecule has 0 bridgehead atoms. The fourth-order valence-corrected chi connectivity index (χ4v) is 3.70. The first-order valence-electron chi connectivity index (χ1n) is 8.24. The van der Waals surface area contributed by atoms with Gasteiger partial charge in [0.15, 0.2) is 0 Å². The van der Waals surface area contributed by atoms with E-state index in [-0.39, 0.29) is 11.9 Å². The minimum atomic E-state index is -0.169. The van der Waals surface area contributed by atoms with Gasteiger partial charge in [0.25, 0.3) is 0 Å². The molecule has 1 atom stereocenters. The molecule has 118 valence electrons. The SMILES string of the molecule is CCC1CCC(N(C)C(CN)c2cc(F)ccc2C)CC1. The van der Waals surface area contributed by atoms with Crippen molar-refractivity contribution in [1.29, 1.82) is 0 Å². The maximum absolute atomic E-state index is 13.6. The van der Waals surface area contributed by atoms with Gasteiger partial charge >= 0.3 is 0 Å². The number of benzene rings is 1. The Morgan fingerprint density at radius 1 is 1.29 bits per heavy atom. The molecule has 1 aromatic rings. The smallest absolute Gasteiger partial charge is 0.123 e. The second-order valence-corrected chi connectivity index (χ2v) is 6.50. The Hall–Kier alpha value is -0.930. The topological polar surface area (TPSA) is 29.3 Å². The normalized spacial score (nSPS) is 24.3. The summed E-state index contributed by atoms with van der Waals surface area (Å²) in [6.07, 6.45) is 6.38. The van der Waals surface area contributed by atoms with Crippen LogP contribution >= 0.6 is 0 Å². The van der Waals surface area contributed by atoms with Crippen molar-refractivity contribution in [3.63, 3.8) is 0 Å². The van der Waals surface area contributed by atoms with Gasteiger partial charge in [-0.15, -0.1) is 0 Å². The summed E-state index contributed by atoms with van der Waals surface area (Å²) in [6.45, 7) is 4.86. The average Bonchev–Trinajstić information content (AvgIpc) is 2.51. The average molecular weight is 292 g/mol. The highest BCUT2D eigenvalue weighted by Gasteiger charge is 2.28. The summed E-state index contributed by atoms with van der Waals surface area (Å²) < 4.78 is 13.6. The van der Waals surface area contributed by atoms with Crippen LogP contribution in [0.3, 0.4) is 0 Å². The number of likely N-dealkylation sites (N-methyl/N-ethyl adjacent to an activating group) is 1. The van der Waals surface area contributed by atoms with Gasteiger partial charge in [0, 0.05) is 18.6 Å². The van der Waals surface area contributed by atoms with Crippen LogP contribution < -0.4 is 5.73 Å². The highest BCUT2D eigenvalue weighted by molar-refractivity contribution is 5.30. The fourth-order valence-electron chi connectivity index (χ4n) is 3.70. The van der Waals surface area contributed by atoms with Crippen LogP contribution in [0.25, 0.3) is 0 Å². The Morgan fingerprint density at radius 3 is 2.52 bits per heavy atom. The maximum Gasteiger partial charge on any atom is 0.123 e. The largest absolute Gasteiger partial charge is 0.329 e. The summed E-state index contributed by atoms with van der Waals surface area (Å²) in [5, 5.41) is 0. The zero-order chi connectivity index (χ0) is 15.4. The van der Waals surface area contributed by atoms with Gasteiger partial charge in [-0.1, -0.05) is 19.4 Å². The molecule has 21 heavy (non-hydrogen) atoms. The molecule has 1 saturated carbocycles. The first-order chi connectivity index (χ1) is 10.1. The van der Waals surface area contributed by atoms with Crippen molar-refractivity contribution >= 4 is 0 Å². The van der Waals surface area contributed by atoms with Crippen LogP contribution in [-0.4, -0.2) is 24.5 Å².